The van der Waals surface area contributed by atoms with Crippen molar-refractivity contribution in [2.45, 2.75) is 0 Å². The minimum absolute atomic E-state index is 0.921. The van der Waals surface area contributed by atoms with Crippen molar-refractivity contribution in [3.8, 4) is 0 Å². The van der Waals surface area contributed by atoms with Gasteiger partial charge in [-0.15, -0.1) is 0 Å². The number of benzene rings is 3. The number of hydrogen-bond donors (Lipinski definition) is 1. The minimum atomic E-state index is 0.921. The van der Waals surface area contributed by atoms with Crippen LogP contribution < -0.4 is 5.32 Å². The maximum atomic E-state index is 4.56. The van der Waals surface area contributed by atoms with E-state index in [2.05, 4.69) is 27.4 Å². The van der Waals surface area contributed by atoms with Gasteiger partial charge in [-0.1, -0.05) is 30.3 Å². The van der Waals surface area contributed by atoms with E-state index in [1.165, 1.54) is 0 Å². The molecule has 0 unspecified atom stereocenters. The molecule has 0 aliphatic carbocycles. The molecule has 3 aromatic carbocycles. The first-order valence-corrected chi connectivity index (χ1v) is 8.18. The lowest BCUT2D eigenvalue weighted by atomic mass is 10.1. The summed E-state index contributed by atoms with van der Waals surface area (Å²) in [4.78, 5) is 8.89. The Morgan fingerprint density at radius 3 is 2.40 bits per heavy atom. The fourth-order valence-electron chi connectivity index (χ4n) is 2.64. The molecule has 25 heavy (non-hydrogen) atoms. The van der Waals surface area contributed by atoms with Crippen LogP contribution in [0.5, 0.6) is 0 Å². The van der Waals surface area contributed by atoms with E-state index < -0.39 is 0 Å². The Morgan fingerprint density at radius 1 is 0.760 bits per heavy atom. The van der Waals surface area contributed by atoms with Gasteiger partial charge in [0.05, 0.1) is 11.2 Å². The molecule has 0 spiro atoms. The Bertz CT molecular complexity index is 1010. The average Bonchev–Trinajstić information content (AvgIpc) is 2.68. The smallest absolute Gasteiger partial charge is 0.0702 e. The van der Waals surface area contributed by atoms with Gasteiger partial charge in [0.25, 0.3) is 0 Å². The van der Waals surface area contributed by atoms with Gasteiger partial charge in [0, 0.05) is 29.2 Å². The Hall–Kier alpha value is -3.46. The summed E-state index contributed by atoms with van der Waals surface area (Å²) < 4.78 is 0. The van der Waals surface area contributed by atoms with Gasteiger partial charge in [-0.3, -0.25) is 9.98 Å². The average molecular weight is 323 g/mol. The second-order valence-corrected chi connectivity index (χ2v) is 5.75. The SMILES string of the molecule is C(=Nc1ccc(Nc2ccccc2)cc1)c1ccc2ncccc2c1. The Kier molecular flexibility index (Phi) is 4.21. The van der Waals surface area contributed by atoms with Crippen molar-refractivity contribution in [2.24, 2.45) is 4.99 Å². The minimum Gasteiger partial charge on any atom is -0.356 e. The summed E-state index contributed by atoms with van der Waals surface area (Å²) in [7, 11) is 0. The van der Waals surface area contributed by atoms with Crippen molar-refractivity contribution < 1.29 is 0 Å². The fourth-order valence-corrected chi connectivity index (χ4v) is 2.64. The summed E-state index contributed by atoms with van der Waals surface area (Å²) >= 11 is 0. The number of aromatic nitrogens is 1. The van der Waals surface area contributed by atoms with E-state index in [9.17, 15) is 0 Å². The zero-order valence-electron chi connectivity index (χ0n) is 13.6. The lowest BCUT2D eigenvalue weighted by Gasteiger charge is -2.06. The largest absolute Gasteiger partial charge is 0.356 e. The predicted molar refractivity (Wildman–Crippen MR) is 105 cm³/mol. The molecular formula is C22H17N3. The van der Waals surface area contributed by atoms with Crippen LogP contribution in [0.4, 0.5) is 17.1 Å². The van der Waals surface area contributed by atoms with Crippen LogP contribution in [-0.4, -0.2) is 11.2 Å². The molecule has 3 nitrogen and oxygen atoms in total. The summed E-state index contributed by atoms with van der Waals surface area (Å²) in [5.41, 5.74) is 5.10. The number of nitrogens with one attached hydrogen (secondary N) is 1. The second kappa shape index (κ2) is 6.97. The maximum absolute atomic E-state index is 4.56. The van der Waals surface area contributed by atoms with Gasteiger partial charge in [-0.2, -0.15) is 0 Å². The van der Waals surface area contributed by atoms with Gasteiger partial charge >= 0.3 is 0 Å². The first-order valence-electron chi connectivity index (χ1n) is 8.18. The van der Waals surface area contributed by atoms with E-state index >= 15 is 0 Å². The normalized spacial score (nSPS) is 11.0. The highest BCUT2D eigenvalue weighted by Gasteiger charge is 1.96. The third-order valence-electron chi connectivity index (χ3n) is 3.92. The van der Waals surface area contributed by atoms with Gasteiger partial charge < -0.3 is 5.32 Å². The molecule has 0 radical (unpaired) electrons. The van der Waals surface area contributed by atoms with E-state index in [1.807, 2.05) is 79.0 Å². The van der Waals surface area contributed by atoms with Gasteiger partial charge in [-0.25, -0.2) is 0 Å². The molecule has 120 valence electrons. The maximum Gasteiger partial charge on any atom is 0.0702 e. The molecule has 1 aromatic heterocycles. The number of para-hydroxylation sites is 1. The van der Waals surface area contributed by atoms with Crippen LogP contribution in [0.15, 0.2) is 96.1 Å². The zero-order chi connectivity index (χ0) is 16.9. The molecule has 0 bridgehead atoms. The molecule has 0 atom stereocenters. The van der Waals surface area contributed by atoms with Gasteiger partial charge in [-0.05, 0) is 60.2 Å². The molecule has 0 aliphatic rings. The van der Waals surface area contributed by atoms with Crippen molar-refractivity contribution in [3.05, 3.63) is 96.7 Å². The van der Waals surface area contributed by atoms with E-state index in [1.54, 1.807) is 6.20 Å². The van der Waals surface area contributed by atoms with Crippen molar-refractivity contribution in [1.29, 1.82) is 0 Å². The van der Waals surface area contributed by atoms with E-state index in [-0.39, 0.29) is 0 Å². The lowest BCUT2D eigenvalue weighted by molar-refractivity contribution is 1.41. The lowest BCUT2D eigenvalue weighted by Crippen LogP contribution is -1.88. The summed E-state index contributed by atoms with van der Waals surface area (Å²) in [5.74, 6) is 0. The molecule has 0 saturated heterocycles. The van der Waals surface area contributed by atoms with Gasteiger partial charge in [0.15, 0.2) is 0 Å². The zero-order valence-corrected chi connectivity index (χ0v) is 13.6. The molecule has 0 aliphatic heterocycles. The Balaban J connectivity index is 1.49. The standard InChI is InChI=1S/C22H17N3/c1-2-6-20(7-3-1)25-21-11-9-19(10-12-21)24-16-17-8-13-22-18(15-17)5-4-14-23-22/h1-16,25H. The summed E-state index contributed by atoms with van der Waals surface area (Å²) in [5, 5.41) is 4.49. The summed E-state index contributed by atoms with van der Waals surface area (Å²) in [6.45, 7) is 0. The summed E-state index contributed by atoms with van der Waals surface area (Å²) in [6.07, 6.45) is 3.69. The Morgan fingerprint density at radius 2 is 1.56 bits per heavy atom. The molecule has 1 N–H and O–H groups in total. The number of rotatable bonds is 4. The van der Waals surface area contributed by atoms with Crippen molar-refractivity contribution >= 4 is 34.2 Å². The Labute approximate surface area is 146 Å². The highest BCUT2D eigenvalue weighted by molar-refractivity contribution is 5.89. The number of nitrogens with zero attached hydrogens (tertiary/aromatic N) is 2. The highest BCUT2D eigenvalue weighted by Crippen LogP contribution is 2.20. The van der Waals surface area contributed by atoms with Crippen LogP contribution in [0.1, 0.15) is 5.56 Å². The fraction of sp³-hybridized carbons (Fsp3) is 0. The number of fused-ring (bicyclic) bond motifs is 1. The molecule has 1 heterocycles. The quantitative estimate of drug-likeness (QED) is 0.487. The predicted octanol–water partition coefficient (Wildman–Crippen LogP) is 5.73. The first-order chi connectivity index (χ1) is 12.4. The van der Waals surface area contributed by atoms with Crippen LogP contribution in [0.3, 0.4) is 0 Å². The molecule has 0 fully saturated rings. The molecule has 0 saturated carbocycles. The van der Waals surface area contributed by atoms with E-state index in [4.69, 9.17) is 0 Å². The van der Waals surface area contributed by atoms with Crippen molar-refractivity contribution in [2.75, 3.05) is 5.32 Å². The molecule has 4 rings (SSSR count). The third kappa shape index (κ3) is 3.72. The molecule has 0 amide bonds. The number of hydrogen-bond acceptors (Lipinski definition) is 3. The molecule has 4 aromatic rings. The summed E-state index contributed by atoms with van der Waals surface area (Å²) in [6, 6.07) is 28.3. The van der Waals surface area contributed by atoms with E-state index in [0.29, 0.717) is 0 Å². The number of pyridine rings is 1. The van der Waals surface area contributed by atoms with E-state index in [0.717, 1.165) is 33.5 Å². The van der Waals surface area contributed by atoms with Crippen LogP contribution in [0.25, 0.3) is 10.9 Å². The van der Waals surface area contributed by atoms with Crippen LogP contribution >= 0.6 is 0 Å². The number of aliphatic imine (C=N–C) groups is 1. The topological polar surface area (TPSA) is 37.3 Å². The van der Waals surface area contributed by atoms with Crippen molar-refractivity contribution in [1.82, 2.24) is 4.98 Å². The van der Waals surface area contributed by atoms with Gasteiger partial charge in [0.1, 0.15) is 0 Å². The highest BCUT2D eigenvalue weighted by atomic mass is 14.9. The third-order valence-corrected chi connectivity index (χ3v) is 3.92. The van der Waals surface area contributed by atoms with Gasteiger partial charge in [0.2, 0.25) is 0 Å². The number of anilines is 2. The monoisotopic (exact) mass is 323 g/mol. The van der Waals surface area contributed by atoms with Crippen LogP contribution in [0, 0.1) is 0 Å². The van der Waals surface area contributed by atoms with Crippen LogP contribution in [0.2, 0.25) is 0 Å². The molecular weight excluding hydrogens is 306 g/mol. The second-order valence-electron chi connectivity index (χ2n) is 5.75. The van der Waals surface area contributed by atoms with Crippen molar-refractivity contribution in [3.63, 3.8) is 0 Å². The molecule has 3 heteroatoms. The van der Waals surface area contributed by atoms with Crippen LogP contribution in [-0.2, 0) is 0 Å². The first kappa shape index (κ1) is 15.1.